The van der Waals surface area contributed by atoms with E-state index in [0.29, 0.717) is 6.61 Å². The molecule has 0 aliphatic rings. The number of hydrogen-bond acceptors (Lipinski definition) is 3. The molecule has 4 heteroatoms. The van der Waals surface area contributed by atoms with Crippen molar-refractivity contribution in [2.24, 2.45) is 0 Å². The molecule has 0 atom stereocenters. The summed E-state index contributed by atoms with van der Waals surface area (Å²) in [4.78, 5) is 4.34. The maximum Gasteiger partial charge on any atom is 0.153 e. The van der Waals surface area contributed by atoms with Crippen LogP contribution in [0.4, 0.5) is 0 Å². The zero-order chi connectivity index (χ0) is 17.8. The van der Waals surface area contributed by atoms with Gasteiger partial charge in [-0.15, -0.1) is 0 Å². The van der Waals surface area contributed by atoms with E-state index in [1.807, 2.05) is 54.7 Å². The number of hydrogen-bond donors (Lipinski definition) is 0. The van der Waals surface area contributed by atoms with E-state index in [0.717, 1.165) is 28.4 Å². The number of rotatable bonds is 5. The van der Waals surface area contributed by atoms with Gasteiger partial charge in [-0.3, -0.25) is 0 Å². The molecule has 2 aromatic carbocycles. The van der Waals surface area contributed by atoms with Crippen LogP contribution in [0.5, 0.6) is 5.75 Å². The van der Waals surface area contributed by atoms with Crippen molar-refractivity contribution in [3.8, 4) is 22.8 Å². The predicted molar refractivity (Wildman–Crippen MR) is 102 cm³/mol. The van der Waals surface area contributed by atoms with Crippen LogP contribution in [0.1, 0.15) is 11.1 Å². The minimum absolute atomic E-state index is 0.526. The summed E-state index contributed by atoms with van der Waals surface area (Å²) in [5.74, 6) is 1.61. The maximum atomic E-state index is 6.08. The molecule has 0 spiro atoms. The van der Waals surface area contributed by atoms with Crippen molar-refractivity contribution < 1.29 is 4.74 Å². The van der Waals surface area contributed by atoms with E-state index in [1.165, 1.54) is 5.56 Å². The lowest BCUT2D eigenvalue weighted by Gasteiger charge is -2.11. The summed E-state index contributed by atoms with van der Waals surface area (Å²) >= 11 is 0. The van der Waals surface area contributed by atoms with Crippen molar-refractivity contribution in [1.82, 2.24) is 14.8 Å². The fraction of sp³-hybridized carbons (Fsp3) is 0.0909. The molecule has 0 aliphatic heterocycles. The smallest absolute Gasteiger partial charge is 0.153 e. The van der Waals surface area contributed by atoms with Crippen LogP contribution in [0.15, 0.2) is 85.2 Å². The Morgan fingerprint density at radius 2 is 1.77 bits per heavy atom. The fourth-order valence-electron chi connectivity index (χ4n) is 2.79. The third kappa shape index (κ3) is 3.49. The molecule has 0 saturated heterocycles. The Morgan fingerprint density at radius 3 is 2.58 bits per heavy atom. The minimum atomic E-state index is 0.526. The summed E-state index contributed by atoms with van der Waals surface area (Å²) in [7, 11) is 0. The van der Waals surface area contributed by atoms with Crippen LogP contribution in [0.25, 0.3) is 17.1 Å². The summed E-state index contributed by atoms with van der Waals surface area (Å²) in [6.07, 6.45) is 3.68. The quantitative estimate of drug-likeness (QED) is 0.522. The zero-order valence-electron chi connectivity index (χ0n) is 14.5. The first-order chi connectivity index (χ1) is 12.8. The molecule has 4 nitrogen and oxygen atoms in total. The van der Waals surface area contributed by atoms with Gasteiger partial charge in [0.15, 0.2) is 5.82 Å². The van der Waals surface area contributed by atoms with Gasteiger partial charge in [-0.25, -0.2) is 9.67 Å². The van der Waals surface area contributed by atoms with E-state index in [2.05, 4.69) is 41.3 Å². The number of aromatic nitrogens is 3. The summed E-state index contributed by atoms with van der Waals surface area (Å²) in [5.41, 5.74) is 4.15. The van der Waals surface area contributed by atoms with Crippen LogP contribution >= 0.6 is 0 Å². The second-order valence-corrected chi connectivity index (χ2v) is 6.11. The highest BCUT2D eigenvalue weighted by molar-refractivity contribution is 5.68. The number of pyridine rings is 1. The highest BCUT2D eigenvalue weighted by Gasteiger charge is 2.11. The van der Waals surface area contributed by atoms with Gasteiger partial charge in [0.25, 0.3) is 0 Å². The molecule has 0 radical (unpaired) electrons. The Hall–Kier alpha value is -3.40. The van der Waals surface area contributed by atoms with Crippen molar-refractivity contribution >= 4 is 0 Å². The van der Waals surface area contributed by atoms with Gasteiger partial charge < -0.3 is 4.74 Å². The summed E-state index contributed by atoms with van der Waals surface area (Å²) < 4.78 is 7.86. The lowest BCUT2D eigenvalue weighted by molar-refractivity contribution is 0.307. The Balaban J connectivity index is 1.64. The Bertz CT molecular complexity index is 994. The molecule has 0 aliphatic carbocycles. The van der Waals surface area contributed by atoms with E-state index >= 15 is 0 Å². The summed E-state index contributed by atoms with van der Waals surface area (Å²) in [5, 5.41) is 4.68. The normalized spacial score (nSPS) is 10.7. The lowest BCUT2D eigenvalue weighted by atomic mass is 10.1. The van der Waals surface area contributed by atoms with Gasteiger partial charge in [-0.1, -0.05) is 48.0 Å². The van der Waals surface area contributed by atoms with Crippen LogP contribution in [0.2, 0.25) is 0 Å². The lowest BCUT2D eigenvalue weighted by Crippen LogP contribution is -1.99. The van der Waals surface area contributed by atoms with Crippen LogP contribution < -0.4 is 4.74 Å². The molecule has 0 unspecified atom stereocenters. The molecule has 2 heterocycles. The molecular weight excluding hydrogens is 322 g/mol. The van der Waals surface area contributed by atoms with Crippen molar-refractivity contribution in [3.63, 3.8) is 0 Å². The van der Waals surface area contributed by atoms with Crippen LogP contribution in [-0.2, 0) is 6.61 Å². The Kier molecular flexibility index (Phi) is 4.48. The van der Waals surface area contributed by atoms with Gasteiger partial charge in [0.05, 0.1) is 5.69 Å². The summed E-state index contributed by atoms with van der Waals surface area (Å²) in [6.45, 7) is 2.60. The molecule has 26 heavy (non-hydrogen) atoms. The average molecular weight is 341 g/mol. The monoisotopic (exact) mass is 341 g/mol. The SMILES string of the molecule is Cc1ccc(OCc2ccccc2)c(-c2ccn(-c3ccccn3)n2)c1. The third-order valence-corrected chi connectivity index (χ3v) is 4.12. The van der Waals surface area contributed by atoms with E-state index in [9.17, 15) is 0 Å². The van der Waals surface area contributed by atoms with Crippen LogP contribution in [0.3, 0.4) is 0 Å². The van der Waals surface area contributed by atoms with E-state index in [-0.39, 0.29) is 0 Å². The van der Waals surface area contributed by atoms with Crippen LogP contribution in [0, 0.1) is 6.92 Å². The van der Waals surface area contributed by atoms with Gasteiger partial charge in [-0.05, 0) is 42.8 Å². The first-order valence-corrected chi connectivity index (χ1v) is 8.54. The average Bonchev–Trinajstić information content (AvgIpc) is 3.18. The minimum Gasteiger partial charge on any atom is -0.488 e. The number of nitrogens with zero attached hydrogens (tertiary/aromatic N) is 3. The topological polar surface area (TPSA) is 39.9 Å². The number of benzene rings is 2. The largest absolute Gasteiger partial charge is 0.488 e. The molecular formula is C22H19N3O. The predicted octanol–water partition coefficient (Wildman–Crippen LogP) is 4.82. The molecule has 4 rings (SSSR count). The highest BCUT2D eigenvalue weighted by Crippen LogP contribution is 2.30. The molecule has 0 fully saturated rings. The zero-order valence-corrected chi connectivity index (χ0v) is 14.5. The van der Waals surface area contributed by atoms with Crippen molar-refractivity contribution in [2.75, 3.05) is 0 Å². The van der Waals surface area contributed by atoms with Gasteiger partial charge >= 0.3 is 0 Å². The second kappa shape index (κ2) is 7.23. The fourth-order valence-corrected chi connectivity index (χ4v) is 2.79. The Labute approximate surface area is 152 Å². The molecule has 0 bridgehead atoms. The van der Waals surface area contributed by atoms with E-state index < -0.39 is 0 Å². The maximum absolute atomic E-state index is 6.08. The molecule has 128 valence electrons. The molecule has 0 amide bonds. The number of aryl methyl sites for hydroxylation is 1. The molecule has 0 N–H and O–H groups in total. The first kappa shape index (κ1) is 16.1. The molecule has 4 aromatic rings. The van der Waals surface area contributed by atoms with Crippen LogP contribution in [-0.4, -0.2) is 14.8 Å². The molecule has 2 aromatic heterocycles. The Morgan fingerprint density at radius 1 is 0.923 bits per heavy atom. The van der Waals surface area contributed by atoms with Gasteiger partial charge in [0.2, 0.25) is 0 Å². The summed E-state index contributed by atoms with van der Waals surface area (Å²) in [6, 6.07) is 24.1. The van der Waals surface area contributed by atoms with E-state index in [4.69, 9.17) is 4.74 Å². The van der Waals surface area contributed by atoms with Gasteiger partial charge in [-0.2, -0.15) is 5.10 Å². The second-order valence-electron chi connectivity index (χ2n) is 6.11. The first-order valence-electron chi connectivity index (χ1n) is 8.54. The van der Waals surface area contributed by atoms with Crippen molar-refractivity contribution in [3.05, 3.63) is 96.3 Å². The van der Waals surface area contributed by atoms with Gasteiger partial charge in [0, 0.05) is 18.0 Å². The molecule has 0 saturated carbocycles. The standard InChI is InChI=1S/C22H19N3O/c1-17-10-11-21(26-16-18-7-3-2-4-8-18)19(15-17)20-12-14-25(24-20)22-9-5-6-13-23-22/h2-15H,16H2,1H3. The highest BCUT2D eigenvalue weighted by atomic mass is 16.5. The third-order valence-electron chi connectivity index (χ3n) is 4.12. The van der Waals surface area contributed by atoms with E-state index in [1.54, 1.807) is 10.9 Å². The number of ether oxygens (including phenoxy) is 1. The van der Waals surface area contributed by atoms with Gasteiger partial charge in [0.1, 0.15) is 12.4 Å². The van der Waals surface area contributed by atoms with Crippen molar-refractivity contribution in [1.29, 1.82) is 0 Å². The van der Waals surface area contributed by atoms with Crippen molar-refractivity contribution in [2.45, 2.75) is 13.5 Å².